The third-order valence-corrected chi connectivity index (χ3v) is 8.56. The quantitative estimate of drug-likeness (QED) is 0.324. The van der Waals surface area contributed by atoms with Gasteiger partial charge in [0.1, 0.15) is 18.0 Å². The van der Waals surface area contributed by atoms with Gasteiger partial charge in [-0.05, 0) is 43.7 Å². The molecule has 31 heavy (non-hydrogen) atoms. The molecule has 164 valence electrons. The van der Waals surface area contributed by atoms with Crippen molar-refractivity contribution in [3.63, 3.8) is 0 Å². The van der Waals surface area contributed by atoms with Gasteiger partial charge in [-0.15, -0.1) is 11.8 Å². The predicted octanol–water partition coefficient (Wildman–Crippen LogP) is 3.33. The molecule has 4 rings (SSSR count). The minimum Gasteiger partial charge on any atom is -0.459 e. The van der Waals surface area contributed by atoms with Gasteiger partial charge in [0.25, 0.3) is 16.0 Å². The van der Waals surface area contributed by atoms with E-state index in [-0.39, 0.29) is 11.5 Å². The van der Waals surface area contributed by atoms with E-state index in [9.17, 15) is 18.0 Å². The molecule has 2 aliphatic heterocycles. The summed E-state index contributed by atoms with van der Waals surface area (Å²) >= 11 is 4.58. The maximum Gasteiger partial charge on any atom is 0.330 e. The first-order valence-electron chi connectivity index (χ1n) is 9.49. The third-order valence-electron chi connectivity index (χ3n) is 5.17. The molecule has 0 bridgehead atoms. The van der Waals surface area contributed by atoms with Crippen LogP contribution in [-0.4, -0.2) is 47.5 Å². The Morgan fingerprint density at radius 2 is 1.77 bits per heavy atom. The summed E-state index contributed by atoms with van der Waals surface area (Å²) < 4.78 is 36.0. The predicted molar refractivity (Wildman–Crippen MR) is 119 cm³/mol. The zero-order valence-corrected chi connectivity index (χ0v) is 19.9. The monoisotopic (exact) mass is 525 g/mol. The maximum absolute atomic E-state index is 12.8. The average Bonchev–Trinajstić information content (AvgIpc) is 2.99. The van der Waals surface area contributed by atoms with Gasteiger partial charge in [0.2, 0.25) is 0 Å². The van der Waals surface area contributed by atoms with Crippen LogP contribution in [0.4, 0.5) is 0 Å². The summed E-state index contributed by atoms with van der Waals surface area (Å²) in [5.41, 5.74) is 0.840. The molecule has 7 nitrogen and oxygen atoms in total. The number of rotatable bonds is 6. The molecule has 2 saturated heterocycles. The molecule has 2 aromatic rings. The summed E-state index contributed by atoms with van der Waals surface area (Å²) in [7, 11) is -4.13. The number of hydrogen-bond donors (Lipinski definition) is 0. The molecule has 2 aliphatic rings. The Morgan fingerprint density at radius 1 is 1.13 bits per heavy atom. The number of ether oxygens (including phenoxy) is 1. The summed E-state index contributed by atoms with van der Waals surface area (Å²) in [6.45, 7) is 3.76. The molecule has 0 spiro atoms. The number of carbonyl (C=O) groups excluding carboxylic acids is 2. The van der Waals surface area contributed by atoms with E-state index in [4.69, 9.17) is 8.92 Å². The summed E-state index contributed by atoms with van der Waals surface area (Å²) in [5, 5.41) is -0.581. The zero-order valence-electron chi connectivity index (χ0n) is 16.7. The Morgan fingerprint density at radius 3 is 2.42 bits per heavy atom. The van der Waals surface area contributed by atoms with E-state index in [1.54, 1.807) is 12.1 Å². The van der Waals surface area contributed by atoms with Crippen LogP contribution in [0, 0.1) is 0 Å². The van der Waals surface area contributed by atoms with E-state index >= 15 is 0 Å². The number of hydrogen-bond acceptors (Lipinski definition) is 7. The molecule has 0 aliphatic carbocycles. The number of esters is 1. The van der Waals surface area contributed by atoms with E-state index < -0.39 is 44.3 Å². The topological polar surface area (TPSA) is 90.0 Å². The van der Waals surface area contributed by atoms with Crippen LogP contribution in [0.2, 0.25) is 0 Å². The molecule has 2 aromatic carbocycles. The van der Waals surface area contributed by atoms with Crippen LogP contribution < -0.4 is 0 Å². The second kappa shape index (κ2) is 8.23. The van der Waals surface area contributed by atoms with Crippen LogP contribution in [0.15, 0.2) is 64.0 Å². The van der Waals surface area contributed by atoms with Gasteiger partial charge in [0, 0.05) is 9.22 Å². The number of thioether (sulfide) groups is 1. The SMILES string of the molecule is CC1(C)S[C@@H]2[C@H](OS(=O)(=O)c3ccc(Br)cc3)C(=O)N2[C@H]1C(=O)OCc1ccccc1. The Bertz CT molecular complexity index is 1100. The first-order chi connectivity index (χ1) is 14.6. The average molecular weight is 526 g/mol. The van der Waals surface area contributed by atoms with E-state index in [1.807, 2.05) is 44.2 Å². The van der Waals surface area contributed by atoms with E-state index in [0.29, 0.717) is 0 Å². The highest BCUT2D eigenvalue weighted by Crippen LogP contribution is 2.52. The molecule has 0 saturated carbocycles. The Kier molecular flexibility index (Phi) is 5.93. The Hall–Kier alpha value is -1.88. The smallest absolute Gasteiger partial charge is 0.330 e. The molecule has 3 atom stereocenters. The second-order valence-electron chi connectivity index (χ2n) is 7.78. The van der Waals surface area contributed by atoms with Gasteiger partial charge in [-0.3, -0.25) is 4.79 Å². The fourth-order valence-electron chi connectivity index (χ4n) is 3.65. The van der Waals surface area contributed by atoms with Gasteiger partial charge in [0.15, 0.2) is 6.10 Å². The summed E-state index contributed by atoms with van der Waals surface area (Å²) in [4.78, 5) is 26.9. The maximum atomic E-state index is 12.8. The van der Waals surface area contributed by atoms with Crippen molar-refractivity contribution in [3.05, 3.63) is 64.6 Å². The highest BCUT2D eigenvalue weighted by molar-refractivity contribution is 9.10. The molecule has 2 fully saturated rings. The van der Waals surface area contributed by atoms with Crippen LogP contribution in [0.1, 0.15) is 19.4 Å². The molecule has 0 aromatic heterocycles. The van der Waals surface area contributed by atoms with Crippen molar-refractivity contribution in [1.82, 2.24) is 4.90 Å². The lowest BCUT2D eigenvalue weighted by Gasteiger charge is -2.42. The first kappa shape index (κ1) is 22.3. The third kappa shape index (κ3) is 4.26. The Balaban J connectivity index is 1.47. The molecule has 0 radical (unpaired) electrons. The molecular weight excluding hydrogens is 506 g/mol. The van der Waals surface area contributed by atoms with Crippen LogP contribution in [0.25, 0.3) is 0 Å². The molecule has 1 amide bonds. The molecule has 0 N–H and O–H groups in total. The molecular formula is C21H20BrNO6S2. The number of amides is 1. The lowest BCUT2D eigenvalue weighted by atomic mass is 9.97. The standard InChI is InChI=1S/C21H20BrNO6S2/c1-21(2)17(20(25)28-12-13-6-4-3-5-7-13)23-18(24)16(19(23)30-21)29-31(26,27)15-10-8-14(22)9-11-15/h3-11,16-17,19H,12H2,1-2H3/t16-,17+,19-/m1/s1. The van der Waals surface area contributed by atoms with Gasteiger partial charge >= 0.3 is 5.97 Å². The fourth-order valence-corrected chi connectivity index (χ4v) is 6.62. The number of carbonyl (C=O) groups is 2. The van der Waals surface area contributed by atoms with Gasteiger partial charge in [0.05, 0.1) is 4.90 Å². The highest BCUT2D eigenvalue weighted by atomic mass is 79.9. The first-order valence-corrected chi connectivity index (χ1v) is 12.6. The summed E-state index contributed by atoms with van der Waals surface area (Å²) in [6.07, 6.45) is -1.18. The van der Waals surface area contributed by atoms with Gasteiger partial charge in [-0.1, -0.05) is 46.3 Å². The molecule has 2 heterocycles. The van der Waals surface area contributed by atoms with Crippen molar-refractivity contribution in [3.8, 4) is 0 Å². The minimum atomic E-state index is -4.13. The van der Waals surface area contributed by atoms with Crippen LogP contribution >= 0.6 is 27.7 Å². The van der Waals surface area contributed by atoms with Crippen LogP contribution in [0.5, 0.6) is 0 Å². The van der Waals surface area contributed by atoms with Crippen molar-refractivity contribution in [2.24, 2.45) is 0 Å². The number of benzene rings is 2. The summed E-state index contributed by atoms with van der Waals surface area (Å²) in [6, 6.07) is 14.4. The number of fused-ring (bicyclic) bond motifs is 1. The number of β-lactam (4-membered cyclic amide) rings is 1. The van der Waals surface area contributed by atoms with Crippen LogP contribution in [-0.2, 0) is 35.2 Å². The molecule has 0 unspecified atom stereocenters. The normalized spacial score (nSPS) is 24.4. The lowest BCUT2D eigenvalue weighted by Crippen LogP contribution is -2.66. The number of nitrogens with zero attached hydrogens (tertiary/aromatic N) is 1. The zero-order chi connectivity index (χ0) is 22.4. The fraction of sp³-hybridized carbons (Fsp3) is 0.333. The van der Waals surface area contributed by atoms with E-state index in [2.05, 4.69) is 15.9 Å². The van der Waals surface area contributed by atoms with Crippen molar-refractivity contribution in [2.45, 2.75) is 47.6 Å². The van der Waals surface area contributed by atoms with Gasteiger partial charge in [-0.25, -0.2) is 8.98 Å². The largest absolute Gasteiger partial charge is 0.459 e. The number of halogens is 1. The highest BCUT2D eigenvalue weighted by Gasteiger charge is 2.65. The lowest BCUT2D eigenvalue weighted by molar-refractivity contribution is -0.170. The molecule has 10 heteroatoms. The van der Waals surface area contributed by atoms with Gasteiger partial charge in [-0.2, -0.15) is 8.42 Å². The summed E-state index contributed by atoms with van der Waals surface area (Å²) in [5.74, 6) is -1.06. The van der Waals surface area contributed by atoms with Crippen molar-refractivity contribution in [2.75, 3.05) is 0 Å². The van der Waals surface area contributed by atoms with E-state index in [0.717, 1.165) is 10.0 Å². The van der Waals surface area contributed by atoms with Crippen molar-refractivity contribution >= 4 is 49.7 Å². The van der Waals surface area contributed by atoms with Crippen LogP contribution in [0.3, 0.4) is 0 Å². The minimum absolute atomic E-state index is 0.0389. The van der Waals surface area contributed by atoms with Gasteiger partial charge < -0.3 is 9.64 Å². The van der Waals surface area contributed by atoms with Crippen molar-refractivity contribution < 1.29 is 26.9 Å². The van der Waals surface area contributed by atoms with Crippen molar-refractivity contribution in [1.29, 1.82) is 0 Å². The second-order valence-corrected chi connectivity index (χ2v) is 12.0. The van der Waals surface area contributed by atoms with E-state index in [1.165, 1.54) is 28.8 Å². The Labute approximate surface area is 193 Å².